The molecular formula is C11H8Zr. The van der Waals surface area contributed by atoms with Gasteiger partial charge in [0.25, 0.3) is 0 Å². The van der Waals surface area contributed by atoms with E-state index in [-0.39, 0.29) is 0 Å². The molecule has 0 aliphatic carbocycles. The SMILES string of the molecule is [Zr]=[CH]c1ccc2ccccc2c1. The van der Waals surface area contributed by atoms with Crippen LogP contribution in [0.15, 0.2) is 42.5 Å². The van der Waals surface area contributed by atoms with Crippen LogP contribution in [0.1, 0.15) is 5.56 Å². The van der Waals surface area contributed by atoms with Crippen LogP contribution < -0.4 is 0 Å². The van der Waals surface area contributed by atoms with Crippen molar-refractivity contribution < 1.29 is 24.2 Å². The van der Waals surface area contributed by atoms with Crippen molar-refractivity contribution in [2.24, 2.45) is 0 Å². The molecule has 0 saturated heterocycles. The van der Waals surface area contributed by atoms with Gasteiger partial charge in [0.2, 0.25) is 0 Å². The monoisotopic (exact) mass is 230 g/mol. The number of hydrogen-bond acceptors (Lipinski definition) is 0. The van der Waals surface area contributed by atoms with Crippen LogP contribution in [0, 0.1) is 0 Å². The molecule has 2 rings (SSSR count). The van der Waals surface area contributed by atoms with Gasteiger partial charge in [-0.3, -0.25) is 0 Å². The Balaban J connectivity index is 2.75. The van der Waals surface area contributed by atoms with Gasteiger partial charge in [0.15, 0.2) is 0 Å². The average molecular weight is 231 g/mol. The third-order valence-electron chi connectivity index (χ3n) is 1.94. The van der Waals surface area contributed by atoms with Crippen molar-refractivity contribution >= 4 is 14.5 Å². The van der Waals surface area contributed by atoms with Gasteiger partial charge in [-0.25, -0.2) is 0 Å². The van der Waals surface area contributed by atoms with E-state index in [1.54, 1.807) is 0 Å². The van der Waals surface area contributed by atoms with E-state index in [9.17, 15) is 0 Å². The van der Waals surface area contributed by atoms with E-state index < -0.39 is 0 Å². The Morgan fingerprint density at radius 3 is 2.42 bits per heavy atom. The molecule has 0 spiro atoms. The molecule has 2 aromatic carbocycles. The van der Waals surface area contributed by atoms with Gasteiger partial charge >= 0.3 is 86.7 Å². The first-order chi connectivity index (χ1) is 5.90. The molecule has 0 nitrogen and oxygen atoms in total. The number of fused-ring (bicyclic) bond motifs is 1. The molecule has 0 bridgehead atoms. The predicted octanol–water partition coefficient (Wildman–Crippen LogP) is 2.54. The Morgan fingerprint density at radius 1 is 0.917 bits per heavy atom. The molecule has 0 heterocycles. The van der Waals surface area contributed by atoms with Crippen LogP contribution in [0.3, 0.4) is 0 Å². The molecule has 2 aromatic rings. The Kier molecular flexibility index (Phi) is 2.32. The van der Waals surface area contributed by atoms with E-state index in [4.69, 9.17) is 0 Å². The minimum atomic E-state index is 1.32. The number of benzene rings is 2. The summed E-state index contributed by atoms with van der Waals surface area (Å²) in [5, 5.41) is 2.65. The summed E-state index contributed by atoms with van der Waals surface area (Å²) in [6.07, 6.45) is 0. The van der Waals surface area contributed by atoms with Crippen LogP contribution in [-0.4, -0.2) is 3.71 Å². The van der Waals surface area contributed by atoms with Gasteiger partial charge in [0.1, 0.15) is 0 Å². The molecule has 0 N–H and O–H groups in total. The summed E-state index contributed by atoms with van der Waals surface area (Å²) in [6.45, 7) is 0. The molecule has 0 fully saturated rings. The molecule has 0 aromatic heterocycles. The van der Waals surface area contributed by atoms with Crippen LogP contribution >= 0.6 is 0 Å². The van der Waals surface area contributed by atoms with Crippen LogP contribution in [0.2, 0.25) is 0 Å². The standard InChI is InChI=1S/C11H8.Zr/c1-9-6-7-10-4-2-3-5-11(10)8-9;/h1-8H;. The second kappa shape index (κ2) is 3.45. The van der Waals surface area contributed by atoms with Gasteiger partial charge in [0, 0.05) is 0 Å². The molecular weight excluding hydrogens is 223 g/mol. The molecule has 56 valence electrons. The van der Waals surface area contributed by atoms with Gasteiger partial charge in [-0.15, -0.1) is 0 Å². The molecule has 0 saturated carbocycles. The zero-order valence-electron chi connectivity index (χ0n) is 6.62. The summed E-state index contributed by atoms with van der Waals surface area (Å²) in [7, 11) is 0. The molecule has 0 radical (unpaired) electrons. The predicted molar refractivity (Wildman–Crippen MR) is 49.1 cm³/mol. The van der Waals surface area contributed by atoms with Gasteiger partial charge in [-0.1, -0.05) is 0 Å². The third-order valence-corrected chi connectivity index (χ3v) is 2.76. The first kappa shape index (κ1) is 8.07. The Labute approximate surface area is 86.5 Å². The van der Waals surface area contributed by atoms with Crippen molar-refractivity contribution in [1.29, 1.82) is 0 Å². The first-order valence-electron chi connectivity index (χ1n) is 3.89. The van der Waals surface area contributed by atoms with E-state index >= 15 is 0 Å². The van der Waals surface area contributed by atoms with E-state index in [1.165, 1.54) is 40.6 Å². The topological polar surface area (TPSA) is 0 Å². The zero-order valence-corrected chi connectivity index (χ0v) is 9.08. The second-order valence-electron chi connectivity index (χ2n) is 2.75. The Hall–Kier alpha value is -0.547. The summed E-state index contributed by atoms with van der Waals surface area (Å²) in [6, 6.07) is 15.0. The summed E-state index contributed by atoms with van der Waals surface area (Å²) in [4.78, 5) is 0. The molecule has 0 aliphatic rings. The van der Waals surface area contributed by atoms with Gasteiger partial charge in [0.05, 0.1) is 0 Å². The van der Waals surface area contributed by atoms with Crippen molar-refractivity contribution in [3.63, 3.8) is 0 Å². The van der Waals surface area contributed by atoms with E-state index in [2.05, 4.69) is 46.2 Å². The fraction of sp³-hybridized carbons (Fsp3) is 0. The first-order valence-corrected chi connectivity index (χ1v) is 5.31. The number of hydrogen-bond donors (Lipinski definition) is 0. The van der Waals surface area contributed by atoms with E-state index in [1.807, 2.05) is 0 Å². The molecule has 0 aliphatic heterocycles. The Morgan fingerprint density at radius 2 is 1.67 bits per heavy atom. The molecule has 0 atom stereocenters. The van der Waals surface area contributed by atoms with E-state index in [0.717, 1.165) is 0 Å². The van der Waals surface area contributed by atoms with Crippen LogP contribution in [0.5, 0.6) is 0 Å². The van der Waals surface area contributed by atoms with Crippen LogP contribution in [0.25, 0.3) is 10.8 Å². The second-order valence-corrected chi connectivity index (χ2v) is 3.46. The summed E-state index contributed by atoms with van der Waals surface area (Å²) in [5.41, 5.74) is 1.33. The van der Waals surface area contributed by atoms with Gasteiger partial charge < -0.3 is 0 Å². The van der Waals surface area contributed by atoms with Gasteiger partial charge in [-0.2, -0.15) is 0 Å². The van der Waals surface area contributed by atoms with Crippen molar-refractivity contribution in [2.45, 2.75) is 0 Å². The van der Waals surface area contributed by atoms with E-state index in [0.29, 0.717) is 0 Å². The molecule has 0 amide bonds. The van der Waals surface area contributed by atoms with Crippen molar-refractivity contribution in [1.82, 2.24) is 0 Å². The zero-order chi connectivity index (χ0) is 8.39. The normalized spacial score (nSPS) is 9.92. The van der Waals surface area contributed by atoms with Crippen molar-refractivity contribution in [3.05, 3.63) is 48.0 Å². The molecule has 12 heavy (non-hydrogen) atoms. The fourth-order valence-corrected chi connectivity index (χ4v) is 1.74. The Bertz CT molecular complexity index is 418. The minimum absolute atomic E-state index is 1.32. The molecule has 0 unspecified atom stereocenters. The summed E-state index contributed by atoms with van der Waals surface area (Å²) < 4.78 is 2.21. The third kappa shape index (κ3) is 1.47. The number of rotatable bonds is 1. The maximum atomic E-state index is 2.23. The summed E-state index contributed by atoms with van der Waals surface area (Å²) in [5.74, 6) is 0. The quantitative estimate of drug-likeness (QED) is 0.707. The van der Waals surface area contributed by atoms with Crippen LogP contribution in [-0.2, 0) is 24.2 Å². The van der Waals surface area contributed by atoms with Gasteiger partial charge in [-0.05, 0) is 0 Å². The van der Waals surface area contributed by atoms with Crippen LogP contribution in [0.4, 0.5) is 0 Å². The molecule has 1 heteroatoms. The fourth-order valence-electron chi connectivity index (χ4n) is 1.30. The maximum absolute atomic E-state index is 2.23. The van der Waals surface area contributed by atoms with Crippen molar-refractivity contribution in [2.75, 3.05) is 0 Å². The summed E-state index contributed by atoms with van der Waals surface area (Å²) >= 11 is 1.46. The van der Waals surface area contributed by atoms with Crippen molar-refractivity contribution in [3.8, 4) is 0 Å². The average Bonchev–Trinajstić information content (AvgIpc) is 2.17.